The second kappa shape index (κ2) is 7.77. The zero-order chi connectivity index (χ0) is 17.7. The zero-order valence-corrected chi connectivity index (χ0v) is 14.6. The highest BCUT2D eigenvalue weighted by Gasteiger charge is 2.20. The predicted octanol–water partition coefficient (Wildman–Crippen LogP) is 3.74. The lowest BCUT2D eigenvalue weighted by Crippen LogP contribution is -2.24. The van der Waals surface area contributed by atoms with Gasteiger partial charge in [-0.25, -0.2) is 4.79 Å². The van der Waals surface area contributed by atoms with Gasteiger partial charge in [0.05, 0.1) is 5.56 Å². The highest BCUT2D eigenvalue weighted by Crippen LogP contribution is 2.16. The van der Waals surface area contributed by atoms with Gasteiger partial charge in [0.25, 0.3) is 0 Å². The van der Waals surface area contributed by atoms with Gasteiger partial charge in [-0.05, 0) is 37.1 Å². The van der Waals surface area contributed by atoms with E-state index in [0.717, 1.165) is 17.7 Å². The Morgan fingerprint density at radius 1 is 1.04 bits per heavy atom. The molecule has 2 aromatic rings. The normalized spacial score (nSPS) is 11.7. The van der Waals surface area contributed by atoms with Crippen molar-refractivity contribution in [3.63, 3.8) is 0 Å². The first-order valence-electron chi connectivity index (χ1n) is 8.04. The van der Waals surface area contributed by atoms with E-state index in [9.17, 15) is 9.59 Å². The van der Waals surface area contributed by atoms with Gasteiger partial charge in [0, 0.05) is 25.3 Å². The molecule has 0 aliphatic heterocycles. The van der Waals surface area contributed by atoms with Crippen LogP contribution in [-0.2, 0) is 11.2 Å². The maximum absolute atomic E-state index is 12.4. The monoisotopic (exact) mass is 325 g/mol. The largest absolute Gasteiger partial charge is 0.451 e. The lowest BCUT2D eigenvalue weighted by Gasteiger charge is -2.15. The van der Waals surface area contributed by atoms with Gasteiger partial charge >= 0.3 is 5.97 Å². The van der Waals surface area contributed by atoms with Gasteiger partial charge in [0.15, 0.2) is 6.10 Å². The molecule has 0 aromatic heterocycles. The number of ketones is 1. The Balaban J connectivity index is 2.07. The SMILES string of the molecule is CCc1ccc(C(=O)[C@@H](C)OC(=O)c2cccc(N(C)C)c2)cc1. The molecule has 4 nitrogen and oxygen atoms in total. The average molecular weight is 325 g/mol. The lowest BCUT2D eigenvalue weighted by molar-refractivity contribution is 0.0319. The van der Waals surface area contributed by atoms with Gasteiger partial charge in [-0.3, -0.25) is 4.79 Å². The number of hydrogen-bond acceptors (Lipinski definition) is 4. The second-order valence-corrected chi connectivity index (χ2v) is 5.91. The molecule has 0 saturated heterocycles. The van der Waals surface area contributed by atoms with Crippen LogP contribution in [0.2, 0.25) is 0 Å². The summed E-state index contributed by atoms with van der Waals surface area (Å²) in [4.78, 5) is 26.6. The minimum absolute atomic E-state index is 0.199. The Kier molecular flexibility index (Phi) is 5.74. The summed E-state index contributed by atoms with van der Waals surface area (Å²) in [5.74, 6) is -0.695. The average Bonchev–Trinajstić information content (AvgIpc) is 2.61. The number of hydrogen-bond donors (Lipinski definition) is 0. The first-order valence-corrected chi connectivity index (χ1v) is 8.04. The molecule has 126 valence electrons. The third-order valence-corrected chi connectivity index (χ3v) is 3.90. The number of benzene rings is 2. The summed E-state index contributed by atoms with van der Waals surface area (Å²) in [6.07, 6.45) is 0.0919. The molecule has 0 spiro atoms. The molecular weight excluding hydrogens is 302 g/mol. The molecule has 2 aromatic carbocycles. The van der Waals surface area contributed by atoms with Crippen LogP contribution in [0, 0.1) is 0 Å². The lowest BCUT2D eigenvalue weighted by atomic mass is 10.0. The molecule has 0 unspecified atom stereocenters. The summed E-state index contributed by atoms with van der Waals surface area (Å²) in [7, 11) is 3.80. The van der Waals surface area contributed by atoms with Crippen LogP contribution >= 0.6 is 0 Å². The molecule has 0 N–H and O–H groups in total. The first kappa shape index (κ1) is 17.7. The number of carbonyl (C=O) groups is 2. The van der Waals surface area contributed by atoms with Crippen molar-refractivity contribution in [3.05, 3.63) is 65.2 Å². The number of Topliss-reactive ketones (excluding diaryl/α,β-unsaturated/α-hetero) is 1. The summed E-state index contributed by atoms with van der Waals surface area (Å²) in [6.45, 7) is 3.66. The molecule has 0 heterocycles. The third kappa shape index (κ3) is 4.22. The van der Waals surface area contributed by atoms with Gasteiger partial charge in [0.1, 0.15) is 0 Å². The number of esters is 1. The number of anilines is 1. The number of nitrogens with zero attached hydrogens (tertiary/aromatic N) is 1. The van der Waals surface area contributed by atoms with Gasteiger partial charge in [0.2, 0.25) is 5.78 Å². The van der Waals surface area contributed by atoms with E-state index in [4.69, 9.17) is 4.74 Å². The highest BCUT2D eigenvalue weighted by atomic mass is 16.5. The van der Waals surface area contributed by atoms with E-state index in [-0.39, 0.29) is 5.78 Å². The molecule has 24 heavy (non-hydrogen) atoms. The van der Waals surface area contributed by atoms with Gasteiger partial charge < -0.3 is 9.64 Å². The molecular formula is C20H23NO3. The number of ether oxygens (including phenoxy) is 1. The topological polar surface area (TPSA) is 46.6 Å². The van der Waals surface area contributed by atoms with E-state index < -0.39 is 12.1 Å². The molecule has 0 aliphatic carbocycles. The van der Waals surface area contributed by atoms with E-state index >= 15 is 0 Å². The van der Waals surface area contributed by atoms with Gasteiger partial charge in [-0.1, -0.05) is 37.3 Å². The van der Waals surface area contributed by atoms with Crippen LogP contribution in [0.4, 0.5) is 5.69 Å². The standard InChI is InChI=1S/C20H23NO3/c1-5-15-9-11-16(12-10-15)19(22)14(2)24-20(23)17-7-6-8-18(13-17)21(3)4/h6-14H,5H2,1-4H3/t14-/m1/s1. The van der Waals surface area contributed by atoms with Crippen LogP contribution in [0.15, 0.2) is 48.5 Å². The summed E-state index contributed by atoms with van der Waals surface area (Å²) in [5.41, 5.74) is 3.05. The van der Waals surface area contributed by atoms with Crippen molar-refractivity contribution >= 4 is 17.4 Å². The zero-order valence-electron chi connectivity index (χ0n) is 14.6. The number of rotatable bonds is 6. The van der Waals surface area contributed by atoms with E-state index in [1.807, 2.05) is 37.2 Å². The van der Waals surface area contributed by atoms with Gasteiger partial charge in [-0.15, -0.1) is 0 Å². The fourth-order valence-corrected chi connectivity index (χ4v) is 2.33. The summed E-state index contributed by atoms with van der Waals surface area (Å²) < 4.78 is 5.34. The molecule has 0 fully saturated rings. The van der Waals surface area contributed by atoms with Crippen molar-refractivity contribution in [2.75, 3.05) is 19.0 Å². The second-order valence-electron chi connectivity index (χ2n) is 5.91. The van der Waals surface area contributed by atoms with Crippen LogP contribution < -0.4 is 4.90 Å². The van der Waals surface area contributed by atoms with E-state index in [1.54, 1.807) is 37.3 Å². The Morgan fingerprint density at radius 2 is 1.71 bits per heavy atom. The fraction of sp³-hybridized carbons (Fsp3) is 0.300. The summed E-state index contributed by atoms with van der Waals surface area (Å²) >= 11 is 0. The Labute approximate surface area is 143 Å². The number of carbonyl (C=O) groups excluding carboxylic acids is 2. The Hall–Kier alpha value is -2.62. The van der Waals surface area contributed by atoms with E-state index in [0.29, 0.717) is 11.1 Å². The van der Waals surface area contributed by atoms with Crippen molar-refractivity contribution < 1.29 is 14.3 Å². The smallest absolute Gasteiger partial charge is 0.338 e. The van der Waals surface area contributed by atoms with Crippen molar-refractivity contribution in [1.82, 2.24) is 0 Å². The quantitative estimate of drug-likeness (QED) is 0.599. The third-order valence-electron chi connectivity index (χ3n) is 3.90. The summed E-state index contributed by atoms with van der Waals surface area (Å²) in [5, 5.41) is 0. The minimum Gasteiger partial charge on any atom is -0.451 e. The maximum Gasteiger partial charge on any atom is 0.338 e. The van der Waals surface area contributed by atoms with Crippen LogP contribution in [-0.4, -0.2) is 32.0 Å². The number of aryl methyl sites for hydroxylation is 1. The van der Waals surface area contributed by atoms with Crippen molar-refractivity contribution in [3.8, 4) is 0 Å². The van der Waals surface area contributed by atoms with Gasteiger partial charge in [-0.2, -0.15) is 0 Å². The minimum atomic E-state index is -0.826. The molecule has 0 amide bonds. The molecule has 0 radical (unpaired) electrons. The fourth-order valence-electron chi connectivity index (χ4n) is 2.33. The van der Waals surface area contributed by atoms with E-state index in [2.05, 4.69) is 6.92 Å². The maximum atomic E-state index is 12.4. The summed E-state index contributed by atoms with van der Waals surface area (Å²) in [6, 6.07) is 14.5. The van der Waals surface area contributed by atoms with Crippen molar-refractivity contribution in [1.29, 1.82) is 0 Å². The van der Waals surface area contributed by atoms with Crippen LogP contribution in [0.25, 0.3) is 0 Å². The molecule has 0 saturated carbocycles. The molecule has 1 atom stereocenters. The molecule has 2 rings (SSSR count). The highest BCUT2D eigenvalue weighted by molar-refractivity contribution is 6.01. The van der Waals surface area contributed by atoms with Crippen molar-refractivity contribution in [2.45, 2.75) is 26.4 Å². The predicted molar refractivity (Wildman–Crippen MR) is 95.8 cm³/mol. The molecule has 0 bridgehead atoms. The first-order chi connectivity index (χ1) is 11.4. The Bertz CT molecular complexity index is 720. The molecule has 4 heteroatoms. The van der Waals surface area contributed by atoms with E-state index in [1.165, 1.54) is 0 Å². The molecule has 0 aliphatic rings. The van der Waals surface area contributed by atoms with Crippen molar-refractivity contribution in [2.24, 2.45) is 0 Å². The van der Waals surface area contributed by atoms with Crippen LogP contribution in [0.3, 0.4) is 0 Å². The van der Waals surface area contributed by atoms with Crippen LogP contribution in [0.5, 0.6) is 0 Å². The van der Waals surface area contributed by atoms with Crippen LogP contribution in [0.1, 0.15) is 40.1 Å². The Morgan fingerprint density at radius 3 is 2.29 bits per heavy atom.